The van der Waals surface area contributed by atoms with E-state index >= 15 is 0 Å². The molecule has 0 bridgehead atoms. The van der Waals surface area contributed by atoms with E-state index in [9.17, 15) is 4.79 Å². The Balaban J connectivity index is 1.99. The fourth-order valence-corrected chi connectivity index (χ4v) is 3.02. The zero-order valence-corrected chi connectivity index (χ0v) is 14.3. The Morgan fingerprint density at radius 2 is 2.33 bits per heavy atom. The second kappa shape index (κ2) is 5.94. The van der Waals surface area contributed by atoms with E-state index in [1.807, 2.05) is 18.3 Å². The molecule has 0 saturated carbocycles. The lowest BCUT2D eigenvalue weighted by atomic mass is 10.1. The summed E-state index contributed by atoms with van der Waals surface area (Å²) in [5, 5.41) is 11.0. The predicted octanol–water partition coefficient (Wildman–Crippen LogP) is 3.12. The molecule has 110 valence electrons. The van der Waals surface area contributed by atoms with Crippen LogP contribution in [0.1, 0.15) is 24.9 Å². The molecule has 1 unspecified atom stereocenters. The first-order valence-corrected chi connectivity index (χ1v) is 8.14. The van der Waals surface area contributed by atoms with Crippen LogP contribution >= 0.6 is 34.2 Å². The largest absolute Gasteiger partial charge is 0.324 e. The number of nitrogens with one attached hydrogen (secondary N) is 2. The highest BCUT2D eigenvalue weighted by Gasteiger charge is 2.31. The SMILES string of the molecule is CCCNC1C(=O)Nc2cc(-n3cc(I)cn3)c(Cl)cc21. The number of hydrogen-bond donors (Lipinski definition) is 2. The molecule has 1 aromatic carbocycles. The van der Waals surface area contributed by atoms with Crippen molar-refractivity contribution in [3.05, 3.63) is 38.7 Å². The first kappa shape index (κ1) is 14.8. The van der Waals surface area contributed by atoms with Crippen LogP contribution in [0.25, 0.3) is 5.69 Å². The molecule has 0 aliphatic carbocycles. The van der Waals surface area contributed by atoms with Gasteiger partial charge >= 0.3 is 0 Å². The van der Waals surface area contributed by atoms with Gasteiger partial charge in [-0.1, -0.05) is 18.5 Å². The van der Waals surface area contributed by atoms with Crippen molar-refractivity contribution < 1.29 is 4.79 Å². The van der Waals surface area contributed by atoms with Gasteiger partial charge in [-0.15, -0.1) is 0 Å². The number of carbonyl (C=O) groups is 1. The Hall–Kier alpha value is -1.12. The first-order chi connectivity index (χ1) is 10.1. The maximum atomic E-state index is 12.1. The third-order valence-corrected chi connectivity index (χ3v) is 4.21. The maximum Gasteiger partial charge on any atom is 0.246 e. The summed E-state index contributed by atoms with van der Waals surface area (Å²) >= 11 is 8.56. The number of fused-ring (bicyclic) bond motifs is 1. The van der Waals surface area contributed by atoms with Crippen LogP contribution in [0.3, 0.4) is 0 Å². The van der Waals surface area contributed by atoms with Gasteiger partial charge in [0.15, 0.2) is 0 Å². The van der Waals surface area contributed by atoms with Crippen LogP contribution < -0.4 is 10.6 Å². The highest BCUT2D eigenvalue weighted by atomic mass is 127. The summed E-state index contributed by atoms with van der Waals surface area (Å²) in [5.41, 5.74) is 2.44. The van der Waals surface area contributed by atoms with Crippen LogP contribution in [0.15, 0.2) is 24.5 Å². The molecule has 1 amide bonds. The number of halogens is 2. The Morgan fingerprint density at radius 3 is 3.00 bits per heavy atom. The van der Waals surface area contributed by atoms with Crippen molar-refractivity contribution in [1.82, 2.24) is 15.1 Å². The monoisotopic (exact) mass is 416 g/mol. The Kier molecular flexibility index (Phi) is 4.19. The van der Waals surface area contributed by atoms with E-state index in [4.69, 9.17) is 11.6 Å². The molecule has 1 aliphatic heterocycles. The minimum atomic E-state index is -0.329. The number of aromatic nitrogens is 2. The van der Waals surface area contributed by atoms with Crippen LogP contribution in [-0.4, -0.2) is 22.2 Å². The summed E-state index contributed by atoms with van der Waals surface area (Å²) in [5.74, 6) is -0.0401. The molecule has 0 saturated heterocycles. The van der Waals surface area contributed by atoms with Crippen molar-refractivity contribution in [2.75, 3.05) is 11.9 Å². The zero-order chi connectivity index (χ0) is 15.0. The van der Waals surface area contributed by atoms with Crippen molar-refractivity contribution in [1.29, 1.82) is 0 Å². The lowest BCUT2D eigenvalue weighted by Crippen LogP contribution is -2.28. The van der Waals surface area contributed by atoms with Crippen LogP contribution in [-0.2, 0) is 4.79 Å². The molecular formula is C14H14ClIN4O. The molecule has 2 aromatic rings. The van der Waals surface area contributed by atoms with Crippen molar-refractivity contribution in [2.24, 2.45) is 0 Å². The quantitative estimate of drug-likeness (QED) is 0.753. The average molecular weight is 417 g/mol. The standard InChI is InChI=1S/C14H14ClIN4O/c1-2-3-17-13-9-4-10(15)12(5-11(9)19-14(13)21)20-7-8(16)6-18-20/h4-7,13,17H,2-3H2,1H3,(H,19,21). The summed E-state index contributed by atoms with van der Waals surface area (Å²) in [4.78, 5) is 12.1. The molecule has 3 rings (SSSR count). The Bertz CT molecular complexity index is 700. The average Bonchev–Trinajstić information content (AvgIpc) is 2.99. The van der Waals surface area contributed by atoms with Crippen molar-refractivity contribution in [3.63, 3.8) is 0 Å². The van der Waals surface area contributed by atoms with Gasteiger partial charge in [0.2, 0.25) is 5.91 Å². The third kappa shape index (κ3) is 2.79. The van der Waals surface area contributed by atoms with Gasteiger partial charge in [-0.3, -0.25) is 4.79 Å². The van der Waals surface area contributed by atoms with Crippen molar-refractivity contribution >= 4 is 45.8 Å². The molecule has 2 N–H and O–H groups in total. The van der Waals surface area contributed by atoms with E-state index < -0.39 is 0 Å². The number of benzene rings is 1. The summed E-state index contributed by atoms with van der Waals surface area (Å²) in [6.45, 7) is 2.85. The van der Waals surface area contributed by atoms with Gasteiger partial charge in [-0.2, -0.15) is 5.10 Å². The smallest absolute Gasteiger partial charge is 0.246 e. The number of carbonyl (C=O) groups excluding carboxylic acids is 1. The maximum absolute atomic E-state index is 12.1. The predicted molar refractivity (Wildman–Crippen MR) is 91.0 cm³/mol. The number of nitrogens with zero attached hydrogens (tertiary/aromatic N) is 2. The van der Waals surface area contributed by atoms with Gasteiger partial charge in [0.1, 0.15) is 6.04 Å². The molecule has 7 heteroatoms. The van der Waals surface area contributed by atoms with Gasteiger partial charge in [-0.25, -0.2) is 4.68 Å². The number of anilines is 1. The van der Waals surface area contributed by atoms with Crippen LogP contribution in [0.2, 0.25) is 5.02 Å². The molecule has 2 heterocycles. The number of rotatable bonds is 4. The van der Waals surface area contributed by atoms with Gasteiger partial charge in [0, 0.05) is 17.4 Å². The summed E-state index contributed by atoms with van der Waals surface area (Å²) in [6.07, 6.45) is 4.61. The molecule has 5 nitrogen and oxygen atoms in total. The van der Waals surface area contributed by atoms with E-state index in [-0.39, 0.29) is 11.9 Å². The van der Waals surface area contributed by atoms with E-state index in [0.29, 0.717) is 5.02 Å². The molecular weight excluding hydrogens is 403 g/mol. The highest BCUT2D eigenvalue weighted by molar-refractivity contribution is 14.1. The highest BCUT2D eigenvalue weighted by Crippen LogP contribution is 2.36. The van der Waals surface area contributed by atoms with Crippen LogP contribution in [0.4, 0.5) is 5.69 Å². The van der Waals surface area contributed by atoms with E-state index in [1.165, 1.54) is 0 Å². The fourth-order valence-electron chi connectivity index (χ4n) is 2.37. The molecule has 0 fully saturated rings. The second-order valence-corrected chi connectivity index (χ2v) is 6.52. The van der Waals surface area contributed by atoms with E-state index in [2.05, 4.69) is 45.2 Å². The van der Waals surface area contributed by atoms with Gasteiger partial charge in [-0.05, 0) is 47.7 Å². The molecule has 1 aliphatic rings. The topological polar surface area (TPSA) is 59.0 Å². The van der Waals surface area contributed by atoms with Crippen LogP contribution in [0.5, 0.6) is 0 Å². The summed E-state index contributed by atoms with van der Waals surface area (Å²) in [6, 6.07) is 3.38. The first-order valence-electron chi connectivity index (χ1n) is 6.68. The lowest BCUT2D eigenvalue weighted by Gasteiger charge is -2.12. The summed E-state index contributed by atoms with van der Waals surface area (Å²) in [7, 11) is 0. The Labute approximate surface area is 141 Å². The number of hydrogen-bond acceptors (Lipinski definition) is 3. The van der Waals surface area contributed by atoms with E-state index in [1.54, 1.807) is 10.9 Å². The minimum absolute atomic E-state index is 0.0401. The van der Waals surface area contributed by atoms with E-state index in [0.717, 1.165) is 33.5 Å². The summed E-state index contributed by atoms with van der Waals surface area (Å²) < 4.78 is 2.74. The molecule has 0 spiro atoms. The van der Waals surface area contributed by atoms with Crippen molar-refractivity contribution in [2.45, 2.75) is 19.4 Å². The molecule has 0 radical (unpaired) electrons. The normalized spacial score (nSPS) is 16.9. The fraction of sp³-hybridized carbons (Fsp3) is 0.286. The van der Waals surface area contributed by atoms with Gasteiger partial charge in [0.25, 0.3) is 0 Å². The Morgan fingerprint density at radius 1 is 1.52 bits per heavy atom. The second-order valence-electron chi connectivity index (χ2n) is 4.87. The third-order valence-electron chi connectivity index (χ3n) is 3.35. The lowest BCUT2D eigenvalue weighted by molar-refractivity contribution is -0.117. The van der Waals surface area contributed by atoms with Gasteiger partial charge in [0.05, 0.1) is 20.5 Å². The molecule has 1 aromatic heterocycles. The minimum Gasteiger partial charge on any atom is -0.324 e. The molecule has 21 heavy (non-hydrogen) atoms. The van der Waals surface area contributed by atoms with Gasteiger partial charge < -0.3 is 10.6 Å². The van der Waals surface area contributed by atoms with Crippen LogP contribution in [0, 0.1) is 3.57 Å². The molecule has 1 atom stereocenters. The van der Waals surface area contributed by atoms with Crippen molar-refractivity contribution in [3.8, 4) is 5.69 Å². The number of amides is 1. The zero-order valence-electron chi connectivity index (χ0n) is 11.4.